The highest BCUT2D eigenvalue weighted by atomic mass is 79.9. The number of hydrogen-bond donors (Lipinski definition) is 0. The van der Waals surface area contributed by atoms with E-state index in [9.17, 15) is 0 Å². The molecule has 0 aliphatic carbocycles. The van der Waals surface area contributed by atoms with Crippen molar-refractivity contribution in [1.82, 2.24) is 0 Å². The van der Waals surface area contributed by atoms with E-state index in [4.69, 9.17) is 0 Å². The number of nitrogens with zero attached hydrogens (tertiary/aromatic N) is 1. The topological polar surface area (TPSA) is 3.24 Å². The molecule has 1 nitrogen and oxygen atoms in total. The molecule has 0 radical (unpaired) electrons. The minimum Gasteiger partial charge on any atom is -0.364 e. The summed E-state index contributed by atoms with van der Waals surface area (Å²) in [5.41, 5.74) is 4.10. The molecule has 1 aliphatic rings. The first-order valence-corrected chi connectivity index (χ1v) is 7.62. The molecule has 2 aromatic rings. The smallest absolute Gasteiger partial charge is 0.0543 e. The molecular weight excluding hydrogens is 298 g/mol. The molecule has 0 aromatic heterocycles. The molecule has 1 fully saturated rings. The molecule has 0 spiro atoms. The number of halogens is 1. The minimum absolute atomic E-state index is 0.523. The van der Waals surface area contributed by atoms with Crippen molar-refractivity contribution >= 4 is 21.6 Å². The van der Waals surface area contributed by atoms with Crippen molar-refractivity contribution in [1.29, 1.82) is 0 Å². The van der Waals surface area contributed by atoms with Crippen LogP contribution in [-0.2, 0) is 0 Å². The van der Waals surface area contributed by atoms with Crippen LogP contribution in [0.3, 0.4) is 0 Å². The summed E-state index contributed by atoms with van der Waals surface area (Å²) in [5, 5.41) is 0. The van der Waals surface area contributed by atoms with Crippen molar-refractivity contribution in [2.45, 2.75) is 25.8 Å². The average Bonchev–Trinajstić information content (AvgIpc) is 2.89. The molecule has 1 heterocycles. The zero-order valence-corrected chi connectivity index (χ0v) is 12.7. The lowest BCUT2D eigenvalue weighted by molar-refractivity contribution is 0.719. The van der Waals surface area contributed by atoms with Gasteiger partial charge in [-0.15, -0.1) is 0 Å². The maximum Gasteiger partial charge on any atom is 0.0543 e. The third-order valence-electron chi connectivity index (χ3n) is 3.84. The summed E-state index contributed by atoms with van der Waals surface area (Å²) < 4.78 is 1.15. The van der Waals surface area contributed by atoms with Crippen LogP contribution >= 0.6 is 15.9 Å². The van der Waals surface area contributed by atoms with Crippen LogP contribution in [-0.4, -0.2) is 6.54 Å². The van der Waals surface area contributed by atoms with E-state index in [-0.39, 0.29) is 0 Å². The van der Waals surface area contributed by atoms with Crippen LogP contribution in [0.2, 0.25) is 0 Å². The summed E-state index contributed by atoms with van der Waals surface area (Å²) in [4.78, 5) is 2.54. The molecule has 1 aliphatic heterocycles. The van der Waals surface area contributed by atoms with Gasteiger partial charge < -0.3 is 4.90 Å². The number of hydrogen-bond acceptors (Lipinski definition) is 1. The van der Waals surface area contributed by atoms with Crippen molar-refractivity contribution in [3.05, 3.63) is 64.1 Å². The van der Waals surface area contributed by atoms with E-state index in [1.807, 2.05) is 0 Å². The van der Waals surface area contributed by atoms with E-state index in [0.717, 1.165) is 11.0 Å². The summed E-state index contributed by atoms with van der Waals surface area (Å²) >= 11 is 3.51. The highest BCUT2D eigenvalue weighted by molar-refractivity contribution is 9.10. The lowest BCUT2D eigenvalue weighted by Gasteiger charge is -2.27. The fourth-order valence-electron chi connectivity index (χ4n) is 2.91. The molecule has 0 amide bonds. The Hall–Kier alpha value is -1.28. The van der Waals surface area contributed by atoms with Gasteiger partial charge in [0.05, 0.1) is 6.04 Å². The van der Waals surface area contributed by atoms with Gasteiger partial charge in [-0.05, 0) is 55.2 Å². The van der Waals surface area contributed by atoms with Crippen LogP contribution in [0.1, 0.15) is 30.0 Å². The lowest BCUT2D eigenvalue weighted by atomic mass is 10.0. The molecule has 2 aromatic carbocycles. The van der Waals surface area contributed by atoms with Crippen LogP contribution in [0, 0.1) is 6.92 Å². The van der Waals surface area contributed by atoms with E-state index >= 15 is 0 Å². The van der Waals surface area contributed by atoms with Crippen LogP contribution in [0.5, 0.6) is 0 Å². The number of anilines is 1. The fourth-order valence-corrected chi connectivity index (χ4v) is 3.18. The van der Waals surface area contributed by atoms with Crippen LogP contribution in [0.4, 0.5) is 5.69 Å². The molecule has 2 heteroatoms. The minimum atomic E-state index is 0.523. The molecule has 19 heavy (non-hydrogen) atoms. The van der Waals surface area contributed by atoms with Crippen LogP contribution in [0.15, 0.2) is 53.0 Å². The van der Waals surface area contributed by atoms with Gasteiger partial charge in [-0.1, -0.05) is 40.2 Å². The summed E-state index contributed by atoms with van der Waals surface area (Å²) in [7, 11) is 0. The predicted molar refractivity (Wildman–Crippen MR) is 84.6 cm³/mol. The second-order valence-electron chi connectivity index (χ2n) is 5.24. The van der Waals surface area contributed by atoms with E-state index < -0.39 is 0 Å². The molecule has 1 atom stereocenters. The molecular formula is C17H18BrN. The van der Waals surface area contributed by atoms with Crippen LogP contribution in [0.25, 0.3) is 0 Å². The van der Waals surface area contributed by atoms with Gasteiger partial charge in [-0.25, -0.2) is 0 Å². The van der Waals surface area contributed by atoms with Gasteiger partial charge in [0.2, 0.25) is 0 Å². The van der Waals surface area contributed by atoms with Gasteiger partial charge in [-0.2, -0.15) is 0 Å². The Kier molecular flexibility index (Phi) is 3.61. The summed E-state index contributed by atoms with van der Waals surface area (Å²) in [6.07, 6.45) is 2.52. The summed E-state index contributed by atoms with van der Waals surface area (Å²) in [6.45, 7) is 3.32. The van der Waals surface area contributed by atoms with Crippen molar-refractivity contribution < 1.29 is 0 Å². The molecule has 0 saturated carbocycles. The Bertz CT molecular complexity index is 562. The number of aryl methyl sites for hydroxylation is 1. The van der Waals surface area contributed by atoms with Gasteiger partial charge in [0, 0.05) is 16.7 Å². The Morgan fingerprint density at radius 3 is 2.63 bits per heavy atom. The molecule has 1 saturated heterocycles. The summed E-state index contributed by atoms with van der Waals surface area (Å²) in [5.74, 6) is 0. The Labute approximate surface area is 123 Å². The van der Waals surface area contributed by atoms with Gasteiger partial charge in [-0.3, -0.25) is 0 Å². The molecule has 3 rings (SSSR count). The second-order valence-corrected chi connectivity index (χ2v) is 6.16. The first kappa shape index (κ1) is 12.7. The second kappa shape index (κ2) is 5.38. The zero-order valence-electron chi connectivity index (χ0n) is 11.1. The molecule has 0 bridgehead atoms. The SMILES string of the molecule is Cc1cccc(N2CCCC2c2ccc(Br)cc2)c1. The highest BCUT2D eigenvalue weighted by Gasteiger charge is 2.26. The van der Waals surface area contributed by atoms with Gasteiger partial charge >= 0.3 is 0 Å². The maximum atomic E-state index is 3.51. The standard InChI is InChI=1S/C17H18BrN/c1-13-4-2-5-16(12-13)19-11-3-6-17(19)14-7-9-15(18)10-8-14/h2,4-5,7-10,12,17H,3,6,11H2,1H3. The van der Waals surface area contributed by atoms with Crippen molar-refractivity contribution in [2.24, 2.45) is 0 Å². The van der Waals surface area contributed by atoms with E-state index in [2.05, 4.69) is 76.3 Å². The first-order valence-electron chi connectivity index (χ1n) is 6.83. The lowest BCUT2D eigenvalue weighted by Crippen LogP contribution is -2.22. The molecule has 0 N–H and O–H groups in total. The number of benzene rings is 2. The van der Waals surface area contributed by atoms with Gasteiger partial charge in [0.25, 0.3) is 0 Å². The average molecular weight is 316 g/mol. The van der Waals surface area contributed by atoms with Crippen molar-refractivity contribution in [3.8, 4) is 0 Å². The highest BCUT2D eigenvalue weighted by Crippen LogP contribution is 2.36. The van der Waals surface area contributed by atoms with Crippen molar-refractivity contribution in [2.75, 3.05) is 11.4 Å². The Morgan fingerprint density at radius 2 is 1.89 bits per heavy atom. The summed E-state index contributed by atoms with van der Waals surface area (Å²) in [6, 6.07) is 18.1. The normalized spacial score (nSPS) is 18.8. The van der Waals surface area contributed by atoms with Crippen molar-refractivity contribution in [3.63, 3.8) is 0 Å². The third kappa shape index (κ3) is 2.69. The van der Waals surface area contributed by atoms with Gasteiger partial charge in [0.1, 0.15) is 0 Å². The monoisotopic (exact) mass is 315 g/mol. The number of rotatable bonds is 2. The Morgan fingerprint density at radius 1 is 1.11 bits per heavy atom. The fraction of sp³-hybridized carbons (Fsp3) is 0.294. The quantitative estimate of drug-likeness (QED) is 0.745. The largest absolute Gasteiger partial charge is 0.364 e. The third-order valence-corrected chi connectivity index (χ3v) is 4.37. The Balaban J connectivity index is 1.91. The van der Waals surface area contributed by atoms with Crippen LogP contribution < -0.4 is 4.90 Å². The van der Waals surface area contributed by atoms with Gasteiger partial charge in [0.15, 0.2) is 0 Å². The maximum absolute atomic E-state index is 3.51. The first-order chi connectivity index (χ1) is 9.24. The van der Waals surface area contributed by atoms with E-state index in [1.165, 1.54) is 29.7 Å². The molecule has 98 valence electrons. The van der Waals surface area contributed by atoms with E-state index in [0.29, 0.717) is 6.04 Å². The molecule has 1 unspecified atom stereocenters. The van der Waals surface area contributed by atoms with E-state index in [1.54, 1.807) is 0 Å². The predicted octanol–water partition coefficient (Wildman–Crippen LogP) is 5.10. The zero-order chi connectivity index (χ0) is 13.2.